The van der Waals surface area contributed by atoms with Gasteiger partial charge in [-0.1, -0.05) is 24.3 Å². The van der Waals surface area contributed by atoms with Crippen molar-refractivity contribution < 1.29 is 18.3 Å². The van der Waals surface area contributed by atoms with Crippen molar-refractivity contribution in [3.63, 3.8) is 0 Å². The molecule has 20 heavy (non-hydrogen) atoms. The Hall–Kier alpha value is -2.20. The summed E-state index contributed by atoms with van der Waals surface area (Å²) < 4.78 is 32.6. The molecule has 1 unspecified atom stereocenters. The number of hydrogen-bond donors (Lipinski definition) is 1. The first-order valence-electron chi connectivity index (χ1n) is 6.24. The van der Waals surface area contributed by atoms with Gasteiger partial charge in [-0.3, -0.25) is 0 Å². The van der Waals surface area contributed by atoms with E-state index in [4.69, 9.17) is 4.42 Å². The first kappa shape index (κ1) is 12.8. The fourth-order valence-corrected chi connectivity index (χ4v) is 2.19. The molecule has 102 valence electrons. The van der Waals surface area contributed by atoms with Crippen LogP contribution in [0.25, 0.3) is 11.0 Å². The third-order valence-electron chi connectivity index (χ3n) is 3.23. The summed E-state index contributed by atoms with van der Waals surface area (Å²) in [5, 5.41) is 10.9. The topological polar surface area (TPSA) is 33.4 Å². The zero-order valence-electron chi connectivity index (χ0n) is 10.5. The molecule has 4 heteroatoms. The van der Waals surface area contributed by atoms with E-state index in [9.17, 15) is 13.9 Å². The molecule has 0 amide bonds. The van der Waals surface area contributed by atoms with Gasteiger partial charge >= 0.3 is 0 Å². The Morgan fingerprint density at radius 2 is 1.70 bits per heavy atom. The van der Waals surface area contributed by atoms with Crippen LogP contribution in [-0.2, 0) is 6.42 Å². The van der Waals surface area contributed by atoms with Gasteiger partial charge in [0.15, 0.2) is 0 Å². The molecule has 3 aromatic rings. The zero-order chi connectivity index (χ0) is 14.1. The minimum Gasteiger partial charge on any atom is -0.458 e. The molecule has 0 spiro atoms. The van der Waals surface area contributed by atoms with Crippen LogP contribution in [0.3, 0.4) is 0 Å². The van der Waals surface area contributed by atoms with Crippen LogP contribution in [0.4, 0.5) is 8.78 Å². The maximum Gasteiger partial charge on any atom is 0.134 e. The minimum absolute atomic E-state index is 0.138. The predicted molar refractivity (Wildman–Crippen MR) is 71.2 cm³/mol. The van der Waals surface area contributed by atoms with E-state index in [0.29, 0.717) is 11.3 Å². The first-order valence-corrected chi connectivity index (χ1v) is 6.24. The second-order valence-electron chi connectivity index (χ2n) is 4.61. The van der Waals surface area contributed by atoms with E-state index in [2.05, 4.69) is 0 Å². The number of para-hydroxylation sites is 1. The van der Waals surface area contributed by atoms with Crippen molar-refractivity contribution in [3.05, 3.63) is 71.5 Å². The highest BCUT2D eigenvalue weighted by Gasteiger charge is 2.18. The lowest BCUT2D eigenvalue weighted by Crippen LogP contribution is -2.04. The Bertz CT molecular complexity index is 696. The molecule has 0 radical (unpaired) electrons. The largest absolute Gasteiger partial charge is 0.458 e. The van der Waals surface area contributed by atoms with E-state index in [1.54, 1.807) is 12.1 Å². The van der Waals surface area contributed by atoms with E-state index in [-0.39, 0.29) is 12.0 Å². The minimum atomic E-state index is -1.09. The number of halogens is 2. The summed E-state index contributed by atoms with van der Waals surface area (Å²) in [4.78, 5) is 0. The molecule has 2 aromatic carbocycles. The van der Waals surface area contributed by atoms with Gasteiger partial charge in [0.1, 0.15) is 29.1 Å². The molecule has 0 bridgehead atoms. The van der Waals surface area contributed by atoms with E-state index in [1.165, 1.54) is 18.2 Å². The average Bonchev–Trinajstić information content (AvgIpc) is 2.87. The molecule has 1 atom stereocenters. The third kappa shape index (κ3) is 2.30. The number of benzene rings is 2. The second kappa shape index (κ2) is 5.06. The van der Waals surface area contributed by atoms with Crippen LogP contribution in [0.15, 0.2) is 52.9 Å². The van der Waals surface area contributed by atoms with Gasteiger partial charge in [-0.2, -0.15) is 0 Å². The number of rotatable bonds is 3. The SMILES string of the molecule is OC(Cc1c(F)cccc1F)c1cc2ccccc2o1. The number of aliphatic hydroxyl groups is 1. The highest BCUT2D eigenvalue weighted by Crippen LogP contribution is 2.27. The Morgan fingerprint density at radius 1 is 1.00 bits per heavy atom. The van der Waals surface area contributed by atoms with Crippen molar-refractivity contribution in [1.82, 2.24) is 0 Å². The van der Waals surface area contributed by atoms with Gasteiger partial charge in [-0.25, -0.2) is 8.78 Å². The highest BCUT2D eigenvalue weighted by atomic mass is 19.1. The number of aliphatic hydroxyl groups excluding tert-OH is 1. The van der Waals surface area contributed by atoms with Crippen LogP contribution in [0.2, 0.25) is 0 Å². The van der Waals surface area contributed by atoms with Gasteiger partial charge in [0.25, 0.3) is 0 Å². The standard InChI is InChI=1S/C16H12F2O2/c17-12-5-3-6-13(18)11(12)9-14(19)16-8-10-4-1-2-7-15(10)20-16/h1-8,14,19H,9H2. The molecule has 1 N–H and O–H groups in total. The smallest absolute Gasteiger partial charge is 0.134 e. The van der Waals surface area contributed by atoms with E-state index in [1.807, 2.05) is 18.2 Å². The summed E-state index contributed by atoms with van der Waals surface area (Å²) in [5.41, 5.74) is 0.496. The lowest BCUT2D eigenvalue weighted by atomic mass is 10.0. The van der Waals surface area contributed by atoms with Gasteiger partial charge in [-0.15, -0.1) is 0 Å². The first-order chi connectivity index (χ1) is 9.65. The predicted octanol–water partition coefficient (Wildman–Crippen LogP) is 3.99. The third-order valence-corrected chi connectivity index (χ3v) is 3.23. The molecule has 1 aromatic heterocycles. The Kier molecular flexibility index (Phi) is 3.24. The van der Waals surface area contributed by atoms with Crippen LogP contribution in [0.1, 0.15) is 17.4 Å². The van der Waals surface area contributed by atoms with E-state index >= 15 is 0 Å². The van der Waals surface area contributed by atoms with Gasteiger partial charge in [-0.05, 0) is 24.3 Å². The van der Waals surface area contributed by atoms with Crippen molar-refractivity contribution in [2.24, 2.45) is 0 Å². The van der Waals surface area contributed by atoms with Crippen molar-refractivity contribution >= 4 is 11.0 Å². The maximum absolute atomic E-state index is 13.5. The molecule has 0 fully saturated rings. The summed E-state index contributed by atoms with van der Waals surface area (Å²) >= 11 is 0. The Morgan fingerprint density at radius 3 is 2.40 bits per heavy atom. The molecule has 2 nitrogen and oxygen atoms in total. The van der Waals surface area contributed by atoms with Gasteiger partial charge in [0, 0.05) is 17.4 Å². The molecular formula is C16H12F2O2. The maximum atomic E-state index is 13.5. The fourth-order valence-electron chi connectivity index (χ4n) is 2.19. The average molecular weight is 274 g/mol. The molecule has 0 aliphatic carbocycles. The fraction of sp³-hybridized carbons (Fsp3) is 0.125. The highest BCUT2D eigenvalue weighted by molar-refractivity contribution is 5.77. The molecular weight excluding hydrogens is 262 g/mol. The molecule has 0 aliphatic heterocycles. The molecule has 1 heterocycles. The van der Waals surface area contributed by atoms with Crippen LogP contribution in [0, 0.1) is 11.6 Å². The van der Waals surface area contributed by atoms with Crippen molar-refractivity contribution in [2.75, 3.05) is 0 Å². The zero-order valence-corrected chi connectivity index (χ0v) is 10.5. The van der Waals surface area contributed by atoms with Crippen molar-refractivity contribution in [3.8, 4) is 0 Å². The number of hydrogen-bond acceptors (Lipinski definition) is 2. The summed E-state index contributed by atoms with van der Waals surface area (Å²) in [7, 11) is 0. The summed E-state index contributed by atoms with van der Waals surface area (Å²) in [5.74, 6) is -1.03. The summed E-state index contributed by atoms with van der Waals surface area (Å²) in [6.07, 6.45) is -1.26. The van der Waals surface area contributed by atoms with E-state index in [0.717, 1.165) is 5.39 Å². The van der Waals surface area contributed by atoms with Crippen LogP contribution in [0.5, 0.6) is 0 Å². The van der Waals surface area contributed by atoms with E-state index < -0.39 is 17.7 Å². The normalized spacial score (nSPS) is 12.8. The second-order valence-corrected chi connectivity index (χ2v) is 4.61. The Balaban J connectivity index is 1.91. The van der Waals surface area contributed by atoms with Gasteiger partial charge < -0.3 is 9.52 Å². The van der Waals surface area contributed by atoms with Crippen LogP contribution >= 0.6 is 0 Å². The van der Waals surface area contributed by atoms with Gasteiger partial charge in [0.2, 0.25) is 0 Å². The van der Waals surface area contributed by atoms with Crippen LogP contribution in [-0.4, -0.2) is 5.11 Å². The quantitative estimate of drug-likeness (QED) is 0.783. The van der Waals surface area contributed by atoms with Crippen LogP contribution < -0.4 is 0 Å². The lowest BCUT2D eigenvalue weighted by Gasteiger charge is -2.09. The molecule has 0 aliphatic rings. The monoisotopic (exact) mass is 274 g/mol. The van der Waals surface area contributed by atoms with Crippen molar-refractivity contribution in [1.29, 1.82) is 0 Å². The molecule has 0 saturated heterocycles. The molecule has 0 saturated carbocycles. The number of furan rings is 1. The van der Waals surface area contributed by atoms with Gasteiger partial charge in [0.05, 0.1) is 0 Å². The summed E-state index contributed by atoms with van der Waals surface area (Å²) in [6.45, 7) is 0. The Labute approximate surface area is 114 Å². The summed E-state index contributed by atoms with van der Waals surface area (Å²) in [6, 6.07) is 12.6. The number of fused-ring (bicyclic) bond motifs is 1. The molecule has 3 rings (SSSR count). The lowest BCUT2D eigenvalue weighted by molar-refractivity contribution is 0.150. The van der Waals surface area contributed by atoms with Crippen molar-refractivity contribution in [2.45, 2.75) is 12.5 Å².